The first-order valence-corrected chi connectivity index (χ1v) is 4.99. The molecule has 7 heteroatoms. The fourth-order valence-electron chi connectivity index (χ4n) is 1.51. The van der Waals surface area contributed by atoms with Gasteiger partial charge in [-0.05, 0) is 25.7 Å². The first-order chi connectivity index (χ1) is 7.43. The summed E-state index contributed by atoms with van der Waals surface area (Å²) in [6, 6.07) is 0. The third-order valence-corrected chi connectivity index (χ3v) is 2.52. The highest BCUT2D eigenvalue weighted by molar-refractivity contribution is 5.84. The van der Waals surface area contributed by atoms with Gasteiger partial charge in [-0.3, -0.25) is 0 Å². The lowest BCUT2D eigenvalue weighted by Crippen LogP contribution is -2.35. The van der Waals surface area contributed by atoms with Crippen LogP contribution >= 0.6 is 0 Å². The van der Waals surface area contributed by atoms with Gasteiger partial charge in [-0.25, -0.2) is 0 Å². The van der Waals surface area contributed by atoms with Gasteiger partial charge in [-0.15, -0.1) is 0 Å². The van der Waals surface area contributed by atoms with E-state index >= 15 is 0 Å². The zero-order chi connectivity index (χ0) is 12.2. The van der Waals surface area contributed by atoms with E-state index in [1.54, 1.807) is 0 Å². The number of hydrogen-bond acceptors (Lipinski definition) is 4. The Balaban J connectivity index is 2.25. The molecule has 1 fully saturated rings. The predicted octanol–water partition coefficient (Wildman–Crippen LogP) is 1.70. The van der Waals surface area contributed by atoms with Crippen LogP contribution in [0.5, 0.6) is 0 Å². The number of alkyl halides is 3. The Labute approximate surface area is 90.7 Å². The van der Waals surface area contributed by atoms with Crippen molar-refractivity contribution >= 4 is 5.71 Å². The van der Waals surface area contributed by atoms with Gasteiger partial charge in [-0.1, -0.05) is 5.16 Å². The molecule has 0 aromatic rings. The Morgan fingerprint density at radius 2 is 1.94 bits per heavy atom. The van der Waals surface area contributed by atoms with Crippen molar-refractivity contribution < 1.29 is 28.2 Å². The van der Waals surface area contributed by atoms with Crippen LogP contribution in [0.15, 0.2) is 5.16 Å². The summed E-state index contributed by atoms with van der Waals surface area (Å²) >= 11 is 0. The first kappa shape index (κ1) is 13.2. The van der Waals surface area contributed by atoms with Gasteiger partial charge in [0.15, 0.2) is 6.10 Å². The van der Waals surface area contributed by atoms with Crippen molar-refractivity contribution in [2.24, 2.45) is 5.16 Å². The minimum Gasteiger partial charge on any atom is -0.411 e. The van der Waals surface area contributed by atoms with Crippen LogP contribution in [0.1, 0.15) is 25.7 Å². The molecule has 1 rings (SSSR count). The van der Waals surface area contributed by atoms with Gasteiger partial charge >= 0.3 is 6.18 Å². The normalized spacial score (nSPS) is 24.2. The molecule has 1 unspecified atom stereocenters. The van der Waals surface area contributed by atoms with Crippen molar-refractivity contribution in [1.82, 2.24) is 0 Å². The lowest BCUT2D eigenvalue weighted by atomic mass is 9.96. The molecule has 0 radical (unpaired) electrons. The van der Waals surface area contributed by atoms with Crippen LogP contribution < -0.4 is 0 Å². The van der Waals surface area contributed by atoms with Crippen molar-refractivity contribution in [1.29, 1.82) is 0 Å². The van der Waals surface area contributed by atoms with Gasteiger partial charge in [0, 0.05) is 0 Å². The molecular formula is C9H14F3NO3. The number of aliphatic hydroxyl groups is 1. The van der Waals surface area contributed by atoms with Crippen LogP contribution in [0.2, 0.25) is 0 Å². The standard InChI is InChI=1S/C9H14F3NO3/c10-9(11,12)8(14)5-16-7-3-1-6(13-15)2-4-7/h7-8,14-15H,1-5H2. The predicted molar refractivity (Wildman–Crippen MR) is 49.5 cm³/mol. The third kappa shape index (κ3) is 3.97. The van der Waals surface area contributed by atoms with Crippen molar-refractivity contribution in [3.8, 4) is 0 Å². The van der Waals surface area contributed by atoms with Crippen LogP contribution in [-0.2, 0) is 4.74 Å². The Morgan fingerprint density at radius 1 is 1.38 bits per heavy atom. The summed E-state index contributed by atoms with van der Waals surface area (Å²) < 4.78 is 40.8. The van der Waals surface area contributed by atoms with Crippen LogP contribution in [-0.4, -0.2) is 41.0 Å². The molecule has 2 N–H and O–H groups in total. The van der Waals surface area contributed by atoms with Crippen molar-refractivity contribution in [3.63, 3.8) is 0 Å². The minimum atomic E-state index is -4.63. The van der Waals surface area contributed by atoms with E-state index in [-0.39, 0.29) is 6.10 Å². The van der Waals surface area contributed by atoms with Crippen molar-refractivity contribution in [3.05, 3.63) is 0 Å². The molecule has 0 amide bonds. The summed E-state index contributed by atoms with van der Waals surface area (Å²) in [5.41, 5.74) is 0.635. The zero-order valence-electron chi connectivity index (χ0n) is 8.57. The van der Waals surface area contributed by atoms with E-state index in [4.69, 9.17) is 15.1 Å². The van der Waals surface area contributed by atoms with E-state index in [9.17, 15) is 13.2 Å². The molecule has 1 aliphatic carbocycles. The van der Waals surface area contributed by atoms with Crippen LogP contribution in [0, 0.1) is 0 Å². The molecule has 0 bridgehead atoms. The van der Waals surface area contributed by atoms with E-state index in [2.05, 4.69) is 5.16 Å². The lowest BCUT2D eigenvalue weighted by Gasteiger charge is -2.24. The molecule has 16 heavy (non-hydrogen) atoms. The largest absolute Gasteiger partial charge is 0.416 e. The fourth-order valence-corrected chi connectivity index (χ4v) is 1.51. The molecule has 0 aliphatic heterocycles. The summed E-state index contributed by atoms with van der Waals surface area (Å²) in [7, 11) is 0. The highest BCUT2D eigenvalue weighted by atomic mass is 19.4. The molecule has 1 saturated carbocycles. The number of ether oxygens (including phenoxy) is 1. The molecule has 4 nitrogen and oxygen atoms in total. The van der Waals surface area contributed by atoms with E-state index in [0.29, 0.717) is 31.4 Å². The highest BCUT2D eigenvalue weighted by Gasteiger charge is 2.38. The van der Waals surface area contributed by atoms with E-state index in [0.717, 1.165) is 0 Å². The van der Waals surface area contributed by atoms with E-state index in [1.807, 2.05) is 0 Å². The summed E-state index contributed by atoms with van der Waals surface area (Å²) in [6.45, 7) is -0.736. The SMILES string of the molecule is ON=C1CCC(OCC(O)C(F)(F)F)CC1. The van der Waals surface area contributed by atoms with E-state index in [1.165, 1.54) is 0 Å². The monoisotopic (exact) mass is 241 g/mol. The fraction of sp³-hybridized carbons (Fsp3) is 0.889. The third-order valence-electron chi connectivity index (χ3n) is 2.52. The molecule has 0 heterocycles. The second kappa shape index (κ2) is 5.49. The Bertz CT molecular complexity index is 245. The summed E-state index contributed by atoms with van der Waals surface area (Å²) in [6.07, 6.45) is -5.30. The molecule has 1 atom stereocenters. The topological polar surface area (TPSA) is 62.1 Å². The maximum absolute atomic E-state index is 11.9. The Hall–Kier alpha value is -0.820. The van der Waals surface area contributed by atoms with Crippen molar-refractivity contribution in [2.75, 3.05) is 6.61 Å². The molecular weight excluding hydrogens is 227 g/mol. The Morgan fingerprint density at radius 3 is 2.38 bits per heavy atom. The van der Waals surface area contributed by atoms with E-state index < -0.39 is 18.9 Å². The van der Waals surface area contributed by atoms with Crippen LogP contribution in [0.3, 0.4) is 0 Å². The highest BCUT2D eigenvalue weighted by Crippen LogP contribution is 2.23. The smallest absolute Gasteiger partial charge is 0.411 e. The summed E-state index contributed by atoms with van der Waals surface area (Å²) in [5.74, 6) is 0. The maximum Gasteiger partial charge on any atom is 0.416 e. The van der Waals surface area contributed by atoms with Gasteiger partial charge in [0.25, 0.3) is 0 Å². The number of hydrogen-bond donors (Lipinski definition) is 2. The second-order valence-electron chi connectivity index (χ2n) is 3.76. The molecule has 0 saturated heterocycles. The number of halogens is 3. The molecule has 0 spiro atoms. The average Bonchev–Trinajstić information content (AvgIpc) is 2.25. The number of oxime groups is 1. The molecule has 0 aromatic carbocycles. The maximum atomic E-state index is 11.9. The van der Waals surface area contributed by atoms with Crippen LogP contribution in [0.25, 0.3) is 0 Å². The van der Waals surface area contributed by atoms with Gasteiger partial charge in [0.2, 0.25) is 0 Å². The first-order valence-electron chi connectivity index (χ1n) is 4.99. The van der Waals surface area contributed by atoms with Gasteiger partial charge < -0.3 is 15.1 Å². The molecule has 94 valence electrons. The van der Waals surface area contributed by atoms with Gasteiger partial charge in [0.1, 0.15) is 0 Å². The molecule has 0 aromatic heterocycles. The summed E-state index contributed by atoms with van der Waals surface area (Å²) in [4.78, 5) is 0. The zero-order valence-corrected chi connectivity index (χ0v) is 8.57. The Kier molecular flexibility index (Phi) is 4.55. The minimum absolute atomic E-state index is 0.303. The molecule has 1 aliphatic rings. The van der Waals surface area contributed by atoms with Crippen LogP contribution in [0.4, 0.5) is 13.2 Å². The summed E-state index contributed by atoms with van der Waals surface area (Å²) in [5, 5.41) is 20.2. The lowest BCUT2D eigenvalue weighted by molar-refractivity contribution is -0.221. The van der Waals surface area contributed by atoms with Gasteiger partial charge in [-0.2, -0.15) is 13.2 Å². The number of nitrogens with zero attached hydrogens (tertiary/aromatic N) is 1. The van der Waals surface area contributed by atoms with Crippen molar-refractivity contribution in [2.45, 2.75) is 44.1 Å². The average molecular weight is 241 g/mol. The second-order valence-corrected chi connectivity index (χ2v) is 3.76. The number of aliphatic hydroxyl groups excluding tert-OH is 1. The quantitative estimate of drug-likeness (QED) is 0.584. The number of rotatable bonds is 3. The van der Waals surface area contributed by atoms with Gasteiger partial charge in [0.05, 0.1) is 18.4 Å².